The van der Waals surface area contributed by atoms with Gasteiger partial charge in [0, 0.05) is 12.2 Å². The summed E-state index contributed by atoms with van der Waals surface area (Å²) in [6.07, 6.45) is 2.39. The maximum atomic E-state index is 11.5. The largest absolute Gasteiger partial charge is 0.399 e. The smallest absolute Gasteiger partial charge is 0.224 e. The van der Waals surface area contributed by atoms with Gasteiger partial charge in [0.2, 0.25) is 5.91 Å². The van der Waals surface area contributed by atoms with Crippen LogP contribution in [0.2, 0.25) is 0 Å². The van der Waals surface area contributed by atoms with Gasteiger partial charge in [-0.1, -0.05) is 23.8 Å². The SMILES string of the molecule is CC(C)=CCNC(=O)Cc1ccc(N)cc1. The van der Waals surface area contributed by atoms with Gasteiger partial charge in [-0.25, -0.2) is 0 Å². The van der Waals surface area contributed by atoms with Crippen molar-refractivity contribution < 1.29 is 4.79 Å². The molecule has 1 aromatic rings. The fraction of sp³-hybridized carbons (Fsp3) is 0.308. The Labute approximate surface area is 96.3 Å². The standard InChI is InChI=1S/C13H18N2O/c1-10(2)7-8-15-13(16)9-11-3-5-12(14)6-4-11/h3-7H,8-9,14H2,1-2H3,(H,15,16). The minimum atomic E-state index is 0.0299. The molecule has 3 N–H and O–H groups in total. The van der Waals surface area contributed by atoms with E-state index in [4.69, 9.17) is 5.73 Å². The van der Waals surface area contributed by atoms with Gasteiger partial charge in [0.1, 0.15) is 0 Å². The number of anilines is 1. The van der Waals surface area contributed by atoms with E-state index < -0.39 is 0 Å². The quantitative estimate of drug-likeness (QED) is 0.599. The van der Waals surface area contributed by atoms with E-state index in [1.165, 1.54) is 5.57 Å². The number of carbonyl (C=O) groups excluding carboxylic acids is 1. The third-order valence-corrected chi connectivity index (χ3v) is 2.15. The van der Waals surface area contributed by atoms with E-state index in [2.05, 4.69) is 5.32 Å². The molecule has 0 aliphatic rings. The van der Waals surface area contributed by atoms with Crippen molar-refractivity contribution in [1.29, 1.82) is 0 Å². The lowest BCUT2D eigenvalue weighted by atomic mass is 10.1. The number of rotatable bonds is 4. The Bertz CT molecular complexity index is 375. The molecule has 0 aliphatic heterocycles. The molecule has 0 aromatic heterocycles. The van der Waals surface area contributed by atoms with Crippen LogP contribution in [0.1, 0.15) is 19.4 Å². The molecular formula is C13H18N2O. The molecule has 0 heterocycles. The fourth-order valence-electron chi connectivity index (χ4n) is 1.25. The highest BCUT2D eigenvalue weighted by molar-refractivity contribution is 5.78. The van der Waals surface area contributed by atoms with Gasteiger partial charge in [-0.3, -0.25) is 4.79 Å². The summed E-state index contributed by atoms with van der Waals surface area (Å²) >= 11 is 0. The van der Waals surface area contributed by atoms with Gasteiger partial charge in [0.05, 0.1) is 6.42 Å². The molecular weight excluding hydrogens is 200 g/mol. The number of benzene rings is 1. The summed E-state index contributed by atoms with van der Waals surface area (Å²) in [7, 11) is 0. The van der Waals surface area contributed by atoms with Crippen molar-refractivity contribution in [2.24, 2.45) is 0 Å². The maximum Gasteiger partial charge on any atom is 0.224 e. The summed E-state index contributed by atoms with van der Waals surface area (Å²) in [6, 6.07) is 7.35. The number of amides is 1. The van der Waals surface area contributed by atoms with E-state index in [0.29, 0.717) is 18.7 Å². The van der Waals surface area contributed by atoms with Gasteiger partial charge in [0.15, 0.2) is 0 Å². The molecule has 0 radical (unpaired) electrons. The van der Waals surface area contributed by atoms with E-state index >= 15 is 0 Å². The van der Waals surface area contributed by atoms with Crippen molar-refractivity contribution in [3.05, 3.63) is 41.5 Å². The Kier molecular flexibility index (Phi) is 4.58. The van der Waals surface area contributed by atoms with E-state index in [9.17, 15) is 4.79 Å². The molecule has 0 aliphatic carbocycles. The second-order valence-corrected chi connectivity index (χ2v) is 4.00. The van der Waals surface area contributed by atoms with Crippen LogP contribution in [0.5, 0.6) is 0 Å². The van der Waals surface area contributed by atoms with Gasteiger partial charge >= 0.3 is 0 Å². The van der Waals surface area contributed by atoms with Crippen molar-refractivity contribution in [1.82, 2.24) is 5.32 Å². The first-order chi connectivity index (χ1) is 7.58. The van der Waals surface area contributed by atoms with E-state index in [1.54, 1.807) is 12.1 Å². The number of hydrogen-bond donors (Lipinski definition) is 2. The molecule has 0 fully saturated rings. The highest BCUT2D eigenvalue weighted by Gasteiger charge is 2.01. The third kappa shape index (κ3) is 4.64. The lowest BCUT2D eigenvalue weighted by Gasteiger charge is -2.03. The van der Waals surface area contributed by atoms with Crippen molar-refractivity contribution in [2.75, 3.05) is 12.3 Å². The average molecular weight is 218 g/mol. The second-order valence-electron chi connectivity index (χ2n) is 4.00. The van der Waals surface area contributed by atoms with Crippen molar-refractivity contribution in [3.63, 3.8) is 0 Å². The van der Waals surface area contributed by atoms with Crippen LogP contribution in [0.15, 0.2) is 35.9 Å². The molecule has 0 spiro atoms. The fourth-order valence-corrected chi connectivity index (χ4v) is 1.25. The molecule has 1 rings (SSSR count). The first-order valence-electron chi connectivity index (χ1n) is 5.32. The normalized spacial score (nSPS) is 9.62. The summed E-state index contributed by atoms with van der Waals surface area (Å²) in [5.74, 6) is 0.0299. The number of nitrogen functional groups attached to an aromatic ring is 1. The number of carbonyl (C=O) groups is 1. The van der Waals surface area contributed by atoms with Crippen molar-refractivity contribution in [3.8, 4) is 0 Å². The molecule has 86 valence electrons. The summed E-state index contributed by atoms with van der Waals surface area (Å²) in [4.78, 5) is 11.5. The average Bonchev–Trinajstić information content (AvgIpc) is 2.21. The molecule has 3 heteroatoms. The molecule has 1 amide bonds. The molecule has 0 bridgehead atoms. The van der Waals surface area contributed by atoms with Gasteiger partial charge in [-0.15, -0.1) is 0 Å². The first kappa shape index (κ1) is 12.3. The summed E-state index contributed by atoms with van der Waals surface area (Å²) < 4.78 is 0. The first-order valence-corrected chi connectivity index (χ1v) is 5.32. The lowest BCUT2D eigenvalue weighted by molar-refractivity contribution is -0.120. The zero-order valence-electron chi connectivity index (χ0n) is 9.79. The molecule has 0 unspecified atom stereocenters. The van der Waals surface area contributed by atoms with Gasteiger partial charge in [-0.2, -0.15) is 0 Å². The van der Waals surface area contributed by atoms with Crippen LogP contribution >= 0.6 is 0 Å². The van der Waals surface area contributed by atoms with Gasteiger partial charge in [0.25, 0.3) is 0 Å². The van der Waals surface area contributed by atoms with Crippen molar-refractivity contribution >= 4 is 11.6 Å². The highest BCUT2D eigenvalue weighted by atomic mass is 16.1. The van der Waals surface area contributed by atoms with Crippen molar-refractivity contribution in [2.45, 2.75) is 20.3 Å². The molecule has 0 atom stereocenters. The van der Waals surface area contributed by atoms with Crippen LogP contribution in [0.3, 0.4) is 0 Å². The highest BCUT2D eigenvalue weighted by Crippen LogP contribution is 2.05. The van der Waals surface area contributed by atoms with Gasteiger partial charge < -0.3 is 11.1 Å². The zero-order valence-corrected chi connectivity index (χ0v) is 9.79. The van der Waals surface area contributed by atoms with Crippen LogP contribution in [0.25, 0.3) is 0 Å². The minimum Gasteiger partial charge on any atom is -0.399 e. The Morgan fingerprint density at radius 1 is 1.31 bits per heavy atom. The Morgan fingerprint density at radius 2 is 1.94 bits per heavy atom. The molecule has 3 nitrogen and oxygen atoms in total. The molecule has 1 aromatic carbocycles. The predicted octanol–water partition coefficient (Wildman–Crippen LogP) is 1.89. The molecule has 0 saturated carbocycles. The molecule has 0 saturated heterocycles. The van der Waals surface area contributed by atoms with Crippen LogP contribution in [-0.4, -0.2) is 12.5 Å². The summed E-state index contributed by atoms with van der Waals surface area (Å²) in [5.41, 5.74) is 8.46. The van der Waals surface area contributed by atoms with Crippen LogP contribution in [0, 0.1) is 0 Å². The predicted molar refractivity (Wildman–Crippen MR) is 67.0 cm³/mol. The van der Waals surface area contributed by atoms with Crippen LogP contribution < -0.4 is 11.1 Å². The summed E-state index contributed by atoms with van der Waals surface area (Å²) in [6.45, 7) is 4.61. The second kappa shape index (κ2) is 5.95. The monoisotopic (exact) mass is 218 g/mol. The number of nitrogens with one attached hydrogen (secondary N) is 1. The van der Waals surface area contributed by atoms with Gasteiger partial charge in [-0.05, 0) is 31.5 Å². The topological polar surface area (TPSA) is 55.1 Å². The van der Waals surface area contributed by atoms with Crippen LogP contribution in [0.4, 0.5) is 5.69 Å². The van der Waals surface area contributed by atoms with E-state index in [0.717, 1.165) is 5.56 Å². The number of nitrogens with two attached hydrogens (primary N) is 1. The third-order valence-electron chi connectivity index (χ3n) is 2.15. The van der Waals surface area contributed by atoms with Crippen LogP contribution in [-0.2, 0) is 11.2 Å². The Hall–Kier alpha value is -1.77. The number of hydrogen-bond acceptors (Lipinski definition) is 2. The maximum absolute atomic E-state index is 11.5. The zero-order chi connectivity index (χ0) is 12.0. The minimum absolute atomic E-state index is 0.0299. The van der Waals surface area contributed by atoms with E-state index in [-0.39, 0.29) is 5.91 Å². The number of allylic oxidation sites excluding steroid dienone is 1. The Balaban J connectivity index is 2.40. The molecule has 16 heavy (non-hydrogen) atoms. The lowest BCUT2D eigenvalue weighted by Crippen LogP contribution is -2.25. The van der Waals surface area contributed by atoms with E-state index in [1.807, 2.05) is 32.1 Å². The summed E-state index contributed by atoms with van der Waals surface area (Å²) in [5, 5.41) is 2.83. The Morgan fingerprint density at radius 3 is 2.50 bits per heavy atom.